The van der Waals surface area contributed by atoms with Crippen LogP contribution in [0.3, 0.4) is 0 Å². The third-order valence-electron chi connectivity index (χ3n) is 8.30. The van der Waals surface area contributed by atoms with Gasteiger partial charge in [0.2, 0.25) is 0 Å². The topological polar surface area (TPSA) is 99.1 Å². The summed E-state index contributed by atoms with van der Waals surface area (Å²) in [5.74, 6) is -1.49. The number of carbonyl (C=O) groups excluding carboxylic acids is 2. The molecule has 278 valence electrons. The predicted octanol–water partition coefficient (Wildman–Crippen LogP) is 9.52. The van der Waals surface area contributed by atoms with Crippen LogP contribution in [0.4, 0.5) is 0 Å². The van der Waals surface area contributed by atoms with Crippen molar-refractivity contribution in [1.29, 1.82) is 0 Å². The van der Waals surface area contributed by atoms with Crippen LogP contribution in [0.25, 0.3) is 0 Å². The third kappa shape index (κ3) is 29.7. The first-order valence-corrected chi connectivity index (χ1v) is 19.0. The van der Waals surface area contributed by atoms with Crippen LogP contribution in [0.15, 0.2) is 36.5 Å². The normalized spacial score (nSPS) is 13.4. The van der Waals surface area contributed by atoms with E-state index in [0.29, 0.717) is 19.3 Å². The Bertz CT molecular complexity index is 891. The fraction of sp³-hybridized carbons (Fsp3) is 0.775. The van der Waals surface area contributed by atoms with E-state index in [1.807, 2.05) is 21.1 Å². The summed E-state index contributed by atoms with van der Waals surface area (Å²) in [4.78, 5) is 36.7. The second kappa shape index (κ2) is 31.8. The van der Waals surface area contributed by atoms with E-state index in [2.05, 4.69) is 50.3 Å². The van der Waals surface area contributed by atoms with E-state index < -0.39 is 18.1 Å². The van der Waals surface area contributed by atoms with E-state index >= 15 is 0 Å². The summed E-state index contributed by atoms with van der Waals surface area (Å²) in [5, 5.41) is 9.57. The number of hydrogen-bond acceptors (Lipinski definition) is 6. The SMILES string of the molecule is CC/C=C/C/C=C/C/C=C/CCCCCCCCC(=O)OC(COCCC(C(=O)O)[N+](C)(C)C)COC(=O)CCCCCCCCCC. The van der Waals surface area contributed by atoms with Crippen molar-refractivity contribution in [3.8, 4) is 0 Å². The maximum Gasteiger partial charge on any atom is 0.362 e. The van der Waals surface area contributed by atoms with Gasteiger partial charge < -0.3 is 23.8 Å². The fourth-order valence-electron chi connectivity index (χ4n) is 5.34. The van der Waals surface area contributed by atoms with Gasteiger partial charge in [0.15, 0.2) is 12.1 Å². The van der Waals surface area contributed by atoms with Crippen LogP contribution >= 0.6 is 0 Å². The summed E-state index contributed by atoms with van der Waals surface area (Å²) in [6.45, 7) is 4.56. The number of nitrogens with zero attached hydrogens (tertiary/aromatic N) is 1. The van der Waals surface area contributed by atoms with E-state index in [-0.39, 0.29) is 36.2 Å². The molecule has 0 radical (unpaired) electrons. The summed E-state index contributed by atoms with van der Waals surface area (Å²) in [7, 11) is 5.51. The van der Waals surface area contributed by atoms with Gasteiger partial charge in [-0.2, -0.15) is 0 Å². The average molecular weight is 679 g/mol. The molecule has 0 amide bonds. The standard InChI is InChI=1S/C40H71NO7/c1-6-8-10-12-14-16-17-18-19-20-21-22-23-25-27-29-31-39(43)48-36(34-46-33-32-37(40(44)45)41(3,4)5)35-47-38(42)30-28-26-24-15-13-11-9-7-2/h8,10,14,16,18-19,36-37H,6-7,9,11-13,15,17,20-35H2,1-5H3/p+1/b10-8+,16-14+,19-18+. The number of carboxylic acid groups (broad SMARTS) is 1. The minimum atomic E-state index is -0.879. The summed E-state index contributed by atoms with van der Waals surface area (Å²) in [6, 6.07) is -0.614. The first-order valence-electron chi connectivity index (χ1n) is 19.0. The molecule has 0 aliphatic rings. The molecule has 0 aliphatic carbocycles. The van der Waals surface area contributed by atoms with Gasteiger partial charge in [-0.1, -0.05) is 121 Å². The Hall–Kier alpha value is -2.45. The molecule has 8 nitrogen and oxygen atoms in total. The molecule has 48 heavy (non-hydrogen) atoms. The smallest absolute Gasteiger partial charge is 0.362 e. The second-order valence-corrected chi connectivity index (χ2v) is 13.8. The average Bonchev–Trinajstić information content (AvgIpc) is 3.03. The molecule has 1 N–H and O–H groups in total. The Morgan fingerprint density at radius 3 is 1.73 bits per heavy atom. The lowest BCUT2D eigenvalue weighted by atomic mass is 10.1. The van der Waals surface area contributed by atoms with Crippen molar-refractivity contribution in [2.75, 3.05) is 41.0 Å². The molecule has 2 atom stereocenters. The molecule has 0 saturated carbocycles. The number of ether oxygens (including phenoxy) is 3. The van der Waals surface area contributed by atoms with Crippen LogP contribution < -0.4 is 0 Å². The van der Waals surface area contributed by atoms with E-state index in [4.69, 9.17) is 14.2 Å². The van der Waals surface area contributed by atoms with Crippen LogP contribution in [-0.2, 0) is 28.6 Å². The molecular weight excluding hydrogens is 606 g/mol. The Morgan fingerprint density at radius 2 is 1.17 bits per heavy atom. The highest BCUT2D eigenvalue weighted by Crippen LogP contribution is 2.13. The number of unbranched alkanes of at least 4 members (excludes halogenated alkanes) is 13. The molecule has 0 rings (SSSR count). The molecule has 0 bridgehead atoms. The van der Waals surface area contributed by atoms with E-state index in [1.165, 1.54) is 44.9 Å². The van der Waals surface area contributed by atoms with E-state index in [0.717, 1.165) is 70.6 Å². The molecule has 0 aromatic carbocycles. The van der Waals surface area contributed by atoms with Gasteiger partial charge in [-0.25, -0.2) is 4.79 Å². The number of rotatable bonds is 33. The molecule has 0 saturated heterocycles. The lowest BCUT2D eigenvalue weighted by Crippen LogP contribution is -2.50. The Kier molecular flexibility index (Phi) is 30.2. The monoisotopic (exact) mass is 679 g/mol. The Morgan fingerprint density at radius 1 is 0.646 bits per heavy atom. The van der Waals surface area contributed by atoms with Crippen molar-refractivity contribution in [2.24, 2.45) is 0 Å². The quantitative estimate of drug-likeness (QED) is 0.0319. The number of quaternary nitrogens is 1. The van der Waals surface area contributed by atoms with Gasteiger partial charge in [0, 0.05) is 19.3 Å². The number of carboxylic acids is 1. The lowest BCUT2D eigenvalue weighted by Gasteiger charge is -2.31. The lowest BCUT2D eigenvalue weighted by molar-refractivity contribution is -0.887. The number of carbonyl (C=O) groups is 3. The molecule has 0 aromatic heterocycles. The number of aliphatic carboxylic acids is 1. The molecule has 0 aliphatic heterocycles. The predicted molar refractivity (Wildman–Crippen MR) is 197 cm³/mol. The molecule has 0 aromatic rings. The van der Waals surface area contributed by atoms with Crippen molar-refractivity contribution in [3.05, 3.63) is 36.5 Å². The Labute approximate surface area is 293 Å². The zero-order valence-corrected chi connectivity index (χ0v) is 31.4. The summed E-state index contributed by atoms with van der Waals surface area (Å²) in [5.41, 5.74) is 0. The highest BCUT2D eigenvalue weighted by atomic mass is 16.6. The van der Waals surface area contributed by atoms with E-state index in [1.54, 1.807) is 0 Å². The van der Waals surface area contributed by atoms with Gasteiger partial charge in [0.25, 0.3) is 0 Å². The first-order chi connectivity index (χ1) is 23.1. The zero-order valence-electron chi connectivity index (χ0n) is 31.4. The largest absolute Gasteiger partial charge is 0.477 e. The van der Waals surface area contributed by atoms with E-state index in [9.17, 15) is 19.5 Å². The van der Waals surface area contributed by atoms with Crippen molar-refractivity contribution >= 4 is 17.9 Å². The molecule has 8 heteroatoms. The van der Waals surface area contributed by atoms with Gasteiger partial charge in [0.05, 0.1) is 34.4 Å². The van der Waals surface area contributed by atoms with Crippen LogP contribution in [0.1, 0.15) is 149 Å². The van der Waals surface area contributed by atoms with Crippen LogP contribution in [0.5, 0.6) is 0 Å². The van der Waals surface area contributed by atoms with Gasteiger partial charge in [0.1, 0.15) is 6.61 Å². The molecule has 0 fully saturated rings. The van der Waals surface area contributed by atoms with Crippen LogP contribution in [0, 0.1) is 0 Å². The molecular formula is C40H72NO7+. The minimum Gasteiger partial charge on any atom is -0.477 e. The van der Waals surface area contributed by atoms with Crippen molar-refractivity contribution < 1.29 is 38.2 Å². The third-order valence-corrected chi connectivity index (χ3v) is 8.30. The highest BCUT2D eigenvalue weighted by Gasteiger charge is 2.31. The van der Waals surface area contributed by atoms with Crippen molar-refractivity contribution in [3.63, 3.8) is 0 Å². The number of hydrogen-bond donors (Lipinski definition) is 1. The van der Waals surface area contributed by atoms with Gasteiger partial charge in [-0.05, 0) is 44.9 Å². The maximum absolute atomic E-state index is 12.6. The minimum absolute atomic E-state index is 0.0552. The number of esters is 2. The summed E-state index contributed by atoms with van der Waals surface area (Å²) < 4.78 is 17.1. The van der Waals surface area contributed by atoms with Crippen molar-refractivity contribution in [1.82, 2.24) is 0 Å². The highest BCUT2D eigenvalue weighted by molar-refractivity contribution is 5.72. The van der Waals surface area contributed by atoms with Gasteiger partial charge in [-0.15, -0.1) is 0 Å². The zero-order chi connectivity index (χ0) is 35.7. The maximum atomic E-state index is 12.6. The summed E-state index contributed by atoms with van der Waals surface area (Å²) in [6.07, 6.45) is 33.3. The van der Waals surface area contributed by atoms with Crippen LogP contribution in [-0.4, -0.2) is 80.6 Å². The molecule has 0 heterocycles. The first kappa shape index (κ1) is 45.6. The van der Waals surface area contributed by atoms with Crippen LogP contribution in [0.2, 0.25) is 0 Å². The second-order valence-electron chi connectivity index (χ2n) is 13.8. The Balaban J connectivity index is 4.41. The molecule has 0 spiro atoms. The van der Waals surface area contributed by atoms with Gasteiger partial charge >= 0.3 is 17.9 Å². The number of likely N-dealkylation sites (N-methyl/N-ethyl adjacent to an activating group) is 1. The number of allylic oxidation sites excluding steroid dienone is 6. The van der Waals surface area contributed by atoms with Crippen molar-refractivity contribution in [2.45, 2.75) is 161 Å². The van der Waals surface area contributed by atoms with Gasteiger partial charge in [-0.3, -0.25) is 9.59 Å². The summed E-state index contributed by atoms with van der Waals surface area (Å²) >= 11 is 0. The molecule has 2 unspecified atom stereocenters. The fourth-order valence-corrected chi connectivity index (χ4v) is 5.34.